The molecule has 2 N–H and O–H groups in total. The van der Waals surface area contributed by atoms with Gasteiger partial charge in [-0.2, -0.15) is 0 Å². The molecule has 0 saturated carbocycles. The van der Waals surface area contributed by atoms with Crippen molar-refractivity contribution >= 4 is 26.7 Å². The number of nitrogens with one attached hydrogen (secondary N) is 1. The van der Waals surface area contributed by atoms with Crippen LogP contribution in [0.5, 0.6) is 17.4 Å². The number of fused-ring (bicyclic) bond motifs is 1. The van der Waals surface area contributed by atoms with Crippen molar-refractivity contribution in [2.45, 2.75) is 0 Å². The van der Waals surface area contributed by atoms with E-state index in [9.17, 15) is 9.90 Å². The second-order valence-electron chi connectivity index (χ2n) is 4.12. The molecule has 3 aromatic rings. The minimum Gasteiger partial charge on any atom is -0.504 e. The first kappa shape index (κ1) is 12.7. The molecule has 1 heterocycles. The summed E-state index contributed by atoms with van der Waals surface area (Å²) in [6.45, 7) is 0. The van der Waals surface area contributed by atoms with Gasteiger partial charge in [0.2, 0.25) is 5.88 Å². The highest BCUT2D eigenvalue weighted by molar-refractivity contribution is 9.10. The highest BCUT2D eigenvalue weighted by atomic mass is 79.9. The van der Waals surface area contributed by atoms with Crippen LogP contribution in [0.3, 0.4) is 0 Å². The second-order valence-corrected chi connectivity index (χ2v) is 4.91. The van der Waals surface area contributed by atoms with Gasteiger partial charge in [-0.15, -0.1) is 0 Å². The Kier molecular flexibility index (Phi) is 3.15. The Morgan fingerprint density at radius 2 is 1.90 bits per heavy atom. The van der Waals surface area contributed by atoms with Crippen LogP contribution in [0.25, 0.3) is 10.8 Å². The van der Waals surface area contributed by atoms with Crippen LogP contribution in [0, 0.1) is 0 Å². The molecule has 0 unspecified atom stereocenters. The molecule has 6 heteroatoms. The van der Waals surface area contributed by atoms with Crippen molar-refractivity contribution in [3.05, 3.63) is 57.6 Å². The molecule has 1 aromatic heterocycles. The smallest absolute Gasteiger partial charge is 0.268 e. The monoisotopic (exact) mass is 332 g/mol. The van der Waals surface area contributed by atoms with Crippen molar-refractivity contribution in [3.63, 3.8) is 0 Å². The standard InChI is InChI=1S/C14H9BrN2O3/c15-12-13(19)16-7-17-14(12)20-11-6-9-4-2-1-3-8(9)5-10(11)18/h1-7,18H,(H,16,17,19). The molecule has 0 radical (unpaired) electrons. The lowest BCUT2D eigenvalue weighted by Gasteiger charge is -2.09. The lowest BCUT2D eigenvalue weighted by molar-refractivity contribution is 0.401. The van der Waals surface area contributed by atoms with Gasteiger partial charge in [0.1, 0.15) is 4.47 Å². The third-order valence-electron chi connectivity index (χ3n) is 2.80. The van der Waals surface area contributed by atoms with Gasteiger partial charge < -0.3 is 14.8 Å². The molecule has 5 nitrogen and oxygen atoms in total. The third kappa shape index (κ3) is 2.25. The van der Waals surface area contributed by atoms with E-state index in [0.717, 1.165) is 10.8 Å². The summed E-state index contributed by atoms with van der Waals surface area (Å²) in [5.41, 5.74) is -0.352. The number of hydrogen-bond acceptors (Lipinski definition) is 4. The van der Waals surface area contributed by atoms with Crippen LogP contribution < -0.4 is 10.3 Å². The average molecular weight is 333 g/mol. The van der Waals surface area contributed by atoms with E-state index >= 15 is 0 Å². The Balaban J connectivity index is 2.08. The van der Waals surface area contributed by atoms with E-state index in [1.54, 1.807) is 12.1 Å². The van der Waals surface area contributed by atoms with Gasteiger partial charge in [0.05, 0.1) is 6.33 Å². The summed E-state index contributed by atoms with van der Waals surface area (Å²) in [4.78, 5) is 17.8. The Labute approximate surface area is 122 Å². The summed E-state index contributed by atoms with van der Waals surface area (Å²) in [7, 11) is 0. The largest absolute Gasteiger partial charge is 0.504 e. The fraction of sp³-hybridized carbons (Fsp3) is 0. The number of H-pyrrole nitrogens is 1. The Morgan fingerprint density at radius 3 is 2.65 bits per heavy atom. The lowest BCUT2D eigenvalue weighted by atomic mass is 10.1. The molecule has 0 aliphatic rings. The number of phenols is 1. The van der Waals surface area contributed by atoms with Gasteiger partial charge >= 0.3 is 0 Å². The minimum atomic E-state index is -0.352. The van der Waals surface area contributed by atoms with Crippen molar-refractivity contribution in [1.82, 2.24) is 9.97 Å². The van der Waals surface area contributed by atoms with Gasteiger partial charge in [-0.1, -0.05) is 24.3 Å². The Morgan fingerprint density at radius 1 is 1.20 bits per heavy atom. The van der Waals surface area contributed by atoms with Gasteiger partial charge in [-0.25, -0.2) is 4.98 Å². The SMILES string of the molecule is O=c1[nH]cnc(Oc2cc3ccccc3cc2O)c1Br. The number of ether oxygens (including phenoxy) is 1. The number of phenolic OH excluding ortho intramolecular Hbond substituents is 1. The van der Waals surface area contributed by atoms with Crippen molar-refractivity contribution in [3.8, 4) is 17.4 Å². The summed E-state index contributed by atoms with van der Waals surface area (Å²) >= 11 is 3.10. The number of aromatic amines is 1. The molecule has 0 amide bonds. The maximum Gasteiger partial charge on any atom is 0.268 e. The fourth-order valence-electron chi connectivity index (χ4n) is 1.83. The van der Waals surface area contributed by atoms with Crippen molar-refractivity contribution in [2.24, 2.45) is 0 Å². The third-order valence-corrected chi connectivity index (χ3v) is 3.50. The molecule has 100 valence electrons. The van der Waals surface area contributed by atoms with E-state index in [1.165, 1.54) is 6.33 Å². The molecule has 0 fully saturated rings. The number of hydrogen-bond donors (Lipinski definition) is 2. The summed E-state index contributed by atoms with van der Waals surface area (Å²) in [6, 6.07) is 10.9. The molecule has 0 aliphatic heterocycles. The van der Waals surface area contributed by atoms with Crippen molar-refractivity contribution in [2.75, 3.05) is 0 Å². The number of aromatic hydroxyl groups is 1. The molecule has 20 heavy (non-hydrogen) atoms. The highest BCUT2D eigenvalue weighted by Gasteiger charge is 2.11. The second kappa shape index (κ2) is 4.97. The zero-order valence-corrected chi connectivity index (χ0v) is 11.7. The maximum atomic E-state index is 11.4. The molecule has 2 aromatic carbocycles. The van der Waals surface area contributed by atoms with E-state index < -0.39 is 0 Å². The van der Waals surface area contributed by atoms with Crippen LogP contribution in [0.15, 0.2) is 52.0 Å². The quantitative estimate of drug-likeness (QED) is 0.755. The molecular formula is C14H9BrN2O3. The predicted octanol–water partition coefficient (Wildman–Crippen LogP) is 3.18. The van der Waals surface area contributed by atoms with Crippen molar-refractivity contribution < 1.29 is 9.84 Å². The van der Waals surface area contributed by atoms with Gasteiger partial charge in [0.15, 0.2) is 11.5 Å². The van der Waals surface area contributed by atoms with Gasteiger partial charge in [-0.3, -0.25) is 4.79 Å². The molecule has 0 saturated heterocycles. The van der Waals surface area contributed by atoms with Gasteiger partial charge in [0.25, 0.3) is 5.56 Å². The van der Waals surface area contributed by atoms with E-state index in [-0.39, 0.29) is 27.4 Å². The van der Waals surface area contributed by atoms with E-state index in [4.69, 9.17) is 4.74 Å². The summed E-state index contributed by atoms with van der Waals surface area (Å²) in [5.74, 6) is 0.319. The maximum absolute atomic E-state index is 11.4. The van der Waals surface area contributed by atoms with Crippen LogP contribution >= 0.6 is 15.9 Å². The van der Waals surface area contributed by atoms with Gasteiger partial charge in [-0.05, 0) is 38.8 Å². The molecule has 0 atom stereocenters. The van der Waals surface area contributed by atoms with Gasteiger partial charge in [0, 0.05) is 0 Å². The topological polar surface area (TPSA) is 75.2 Å². The molecule has 3 rings (SSSR count). The predicted molar refractivity (Wildman–Crippen MR) is 78.2 cm³/mol. The fourth-order valence-corrected chi connectivity index (χ4v) is 2.13. The first-order chi connectivity index (χ1) is 9.65. The van der Waals surface area contributed by atoms with Crippen LogP contribution in [0.2, 0.25) is 0 Å². The number of halogens is 1. The highest BCUT2D eigenvalue weighted by Crippen LogP contribution is 2.35. The van der Waals surface area contributed by atoms with Crippen molar-refractivity contribution in [1.29, 1.82) is 0 Å². The van der Waals surface area contributed by atoms with Crippen LogP contribution in [-0.4, -0.2) is 15.1 Å². The molecule has 0 aliphatic carbocycles. The number of nitrogens with zero attached hydrogens (tertiary/aromatic N) is 1. The van der Waals surface area contributed by atoms with Crippen LogP contribution in [-0.2, 0) is 0 Å². The van der Waals surface area contributed by atoms with E-state index in [1.807, 2.05) is 24.3 Å². The zero-order chi connectivity index (χ0) is 14.1. The first-order valence-corrected chi connectivity index (χ1v) is 6.57. The number of rotatable bonds is 2. The zero-order valence-electron chi connectivity index (χ0n) is 10.1. The minimum absolute atomic E-state index is 0.0160. The molecule has 0 spiro atoms. The lowest BCUT2D eigenvalue weighted by Crippen LogP contribution is -2.08. The Hall–Kier alpha value is -2.34. The summed E-state index contributed by atoms with van der Waals surface area (Å²) in [6.07, 6.45) is 1.24. The summed E-state index contributed by atoms with van der Waals surface area (Å²) < 4.78 is 5.67. The number of aromatic nitrogens is 2. The first-order valence-electron chi connectivity index (χ1n) is 5.78. The van der Waals surface area contributed by atoms with E-state index in [0.29, 0.717) is 0 Å². The average Bonchev–Trinajstić information content (AvgIpc) is 2.44. The number of benzene rings is 2. The van der Waals surface area contributed by atoms with Crippen LogP contribution in [0.4, 0.5) is 0 Å². The normalized spacial score (nSPS) is 10.7. The Bertz CT molecular complexity index is 845. The summed E-state index contributed by atoms with van der Waals surface area (Å²) in [5, 5.41) is 11.8. The molecule has 0 bridgehead atoms. The van der Waals surface area contributed by atoms with Crippen LogP contribution in [0.1, 0.15) is 0 Å². The van der Waals surface area contributed by atoms with E-state index in [2.05, 4.69) is 25.9 Å². The molecular weight excluding hydrogens is 324 g/mol.